The Morgan fingerprint density at radius 2 is 1.87 bits per heavy atom. The second kappa shape index (κ2) is 7.55. The number of carbonyl (C=O) groups excluding carboxylic acids is 2. The molecule has 0 radical (unpaired) electrons. The Morgan fingerprint density at radius 1 is 1.22 bits per heavy atom. The molecule has 0 saturated heterocycles. The lowest BCUT2D eigenvalue weighted by atomic mass is 10.2. The van der Waals surface area contributed by atoms with Gasteiger partial charge < -0.3 is 10.6 Å². The summed E-state index contributed by atoms with van der Waals surface area (Å²) in [5.74, 6) is -0.324. The molecule has 1 aromatic heterocycles. The van der Waals surface area contributed by atoms with Crippen molar-refractivity contribution in [2.24, 2.45) is 7.05 Å². The van der Waals surface area contributed by atoms with Crippen LogP contribution in [0.1, 0.15) is 12.5 Å². The average molecular weight is 315 g/mol. The van der Waals surface area contributed by atoms with Crippen LogP contribution in [0.4, 0.5) is 11.4 Å². The molecule has 7 nitrogen and oxygen atoms in total. The summed E-state index contributed by atoms with van der Waals surface area (Å²) in [7, 11) is 3.72. The molecule has 2 aromatic rings. The third-order valence-electron chi connectivity index (χ3n) is 3.14. The maximum absolute atomic E-state index is 12.2. The van der Waals surface area contributed by atoms with Crippen molar-refractivity contribution in [3.05, 3.63) is 42.2 Å². The van der Waals surface area contributed by atoms with E-state index in [4.69, 9.17) is 0 Å². The van der Waals surface area contributed by atoms with Crippen LogP contribution in [0.3, 0.4) is 0 Å². The van der Waals surface area contributed by atoms with E-state index in [0.29, 0.717) is 17.9 Å². The van der Waals surface area contributed by atoms with E-state index in [9.17, 15) is 9.59 Å². The summed E-state index contributed by atoms with van der Waals surface area (Å²) >= 11 is 0. The molecule has 23 heavy (non-hydrogen) atoms. The summed E-state index contributed by atoms with van der Waals surface area (Å²) in [6.45, 7) is 2.30. The molecule has 0 spiro atoms. The van der Waals surface area contributed by atoms with Crippen molar-refractivity contribution >= 4 is 23.2 Å². The average Bonchev–Trinajstić information content (AvgIpc) is 2.85. The lowest BCUT2D eigenvalue weighted by Crippen LogP contribution is -2.30. The van der Waals surface area contributed by atoms with Gasteiger partial charge >= 0.3 is 0 Å². The first kappa shape index (κ1) is 16.7. The molecule has 1 heterocycles. The number of carbonyl (C=O) groups is 2. The van der Waals surface area contributed by atoms with Crippen LogP contribution in [0.2, 0.25) is 0 Å². The molecule has 2 N–H and O–H groups in total. The molecule has 0 atom stereocenters. The van der Waals surface area contributed by atoms with Gasteiger partial charge in [-0.15, -0.1) is 0 Å². The molecule has 2 rings (SSSR count). The molecule has 0 unspecified atom stereocenters. The van der Waals surface area contributed by atoms with Gasteiger partial charge in [-0.25, -0.2) is 0 Å². The second-order valence-corrected chi connectivity index (χ2v) is 5.47. The van der Waals surface area contributed by atoms with Crippen molar-refractivity contribution in [2.75, 3.05) is 24.2 Å². The molecule has 0 aliphatic heterocycles. The minimum atomic E-state index is -0.180. The zero-order valence-corrected chi connectivity index (χ0v) is 13.5. The fourth-order valence-electron chi connectivity index (χ4n) is 2.25. The molecule has 7 heteroatoms. The molecule has 122 valence electrons. The summed E-state index contributed by atoms with van der Waals surface area (Å²) in [4.78, 5) is 25.3. The van der Waals surface area contributed by atoms with E-state index < -0.39 is 0 Å². The number of anilines is 2. The van der Waals surface area contributed by atoms with Gasteiger partial charge in [-0.1, -0.05) is 12.1 Å². The molecular weight excluding hydrogens is 294 g/mol. The van der Waals surface area contributed by atoms with Crippen LogP contribution in [-0.2, 0) is 23.2 Å². The first-order chi connectivity index (χ1) is 10.9. The summed E-state index contributed by atoms with van der Waals surface area (Å²) in [6, 6.07) is 7.11. The Labute approximate surface area is 135 Å². The Bertz CT molecular complexity index is 695. The molecular formula is C16H21N5O2. The predicted molar refractivity (Wildman–Crippen MR) is 88.9 cm³/mol. The van der Waals surface area contributed by atoms with Gasteiger partial charge in [0.15, 0.2) is 0 Å². The minimum Gasteiger partial charge on any atom is -0.325 e. The number of nitrogens with one attached hydrogen (secondary N) is 2. The first-order valence-electron chi connectivity index (χ1n) is 7.26. The summed E-state index contributed by atoms with van der Waals surface area (Å²) in [5, 5.41) is 9.62. The molecule has 1 aromatic carbocycles. The molecule has 0 fully saturated rings. The number of para-hydroxylation sites is 2. The number of amides is 2. The minimum absolute atomic E-state index is 0.144. The zero-order valence-electron chi connectivity index (χ0n) is 13.5. The molecule has 0 aliphatic rings. The van der Waals surface area contributed by atoms with E-state index >= 15 is 0 Å². The van der Waals surface area contributed by atoms with Gasteiger partial charge in [0.05, 0.1) is 24.1 Å². The van der Waals surface area contributed by atoms with Gasteiger partial charge in [0.25, 0.3) is 0 Å². The topological polar surface area (TPSA) is 79.3 Å². The van der Waals surface area contributed by atoms with Gasteiger partial charge in [-0.2, -0.15) is 5.10 Å². The number of nitrogens with zero attached hydrogens (tertiary/aromatic N) is 3. The van der Waals surface area contributed by atoms with Crippen molar-refractivity contribution in [1.29, 1.82) is 0 Å². The summed E-state index contributed by atoms with van der Waals surface area (Å²) < 4.78 is 1.73. The maximum atomic E-state index is 12.2. The second-order valence-electron chi connectivity index (χ2n) is 5.47. The summed E-state index contributed by atoms with van der Waals surface area (Å²) in [5.41, 5.74) is 2.21. The van der Waals surface area contributed by atoms with E-state index in [-0.39, 0.29) is 18.4 Å². The monoisotopic (exact) mass is 315 g/mol. The van der Waals surface area contributed by atoms with Crippen LogP contribution < -0.4 is 10.6 Å². The zero-order chi connectivity index (χ0) is 16.8. The van der Waals surface area contributed by atoms with Gasteiger partial charge in [0.2, 0.25) is 11.8 Å². The molecule has 0 saturated carbocycles. The fourth-order valence-corrected chi connectivity index (χ4v) is 2.25. The number of likely N-dealkylation sites (N-methyl/N-ethyl adjacent to an activating group) is 1. The molecule has 0 aliphatic carbocycles. The largest absolute Gasteiger partial charge is 0.325 e. The van der Waals surface area contributed by atoms with E-state index in [0.717, 1.165) is 5.56 Å². The van der Waals surface area contributed by atoms with Gasteiger partial charge in [-0.3, -0.25) is 19.2 Å². The number of rotatable bonds is 6. The van der Waals surface area contributed by atoms with Gasteiger partial charge in [0.1, 0.15) is 0 Å². The van der Waals surface area contributed by atoms with Crippen molar-refractivity contribution < 1.29 is 9.59 Å². The summed E-state index contributed by atoms with van der Waals surface area (Å²) in [6.07, 6.45) is 3.70. The lowest BCUT2D eigenvalue weighted by Gasteiger charge is -2.16. The third-order valence-corrected chi connectivity index (χ3v) is 3.14. The Hall–Kier alpha value is -2.67. The number of aromatic nitrogens is 2. The van der Waals surface area contributed by atoms with Crippen molar-refractivity contribution in [3.8, 4) is 0 Å². The van der Waals surface area contributed by atoms with Crippen molar-refractivity contribution in [2.45, 2.75) is 13.5 Å². The molecule has 0 bridgehead atoms. The highest BCUT2D eigenvalue weighted by molar-refractivity contribution is 5.99. The van der Waals surface area contributed by atoms with Crippen LogP contribution >= 0.6 is 0 Å². The van der Waals surface area contributed by atoms with Crippen molar-refractivity contribution in [1.82, 2.24) is 14.7 Å². The van der Waals surface area contributed by atoms with E-state index in [1.807, 2.05) is 25.2 Å². The predicted octanol–water partition coefficient (Wildman–Crippen LogP) is 1.45. The smallest absolute Gasteiger partial charge is 0.238 e. The van der Waals surface area contributed by atoms with E-state index in [1.54, 1.807) is 35.1 Å². The maximum Gasteiger partial charge on any atom is 0.238 e. The number of benzene rings is 1. The Kier molecular flexibility index (Phi) is 5.48. The third kappa shape index (κ3) is 5.23. The molecule has 2 amide bonds. The van der Waals surface area contributed by atoms with E-state index in [2.05, 4.69) is 15.7 Å². The highest BCUT2D eigenvalue weighted by Gasteiger charge is 2.11. The Balaban J connectivity index is 1.93. The SMILES string of the molecule is CC(=O)Nc1ccccc1NC(=O)CN(C)Cc1cnn(C)c1. The van der Waals surface area contributed by atoms with Crippen LogP contribution in [0, 0.1) is 0 Å². The van der Waals surface area contributed by atoms with Crippen LogP contribution in [0.5, 0.6) is 0 Å². The standard InChI is InChI=1S/C16H21N5O2/c1-12(22)18-14-6-4-5-7-15(14)19-16(23)11-20(2)9-13-8-17-21(3)10-13/h4-8,10H,9,11H2,1-3H3,(H,18,22)(H,19,23). The number of hydrogen-bond acceptors (Lipinski definition) is 4. The highest BCUT2D eigenvalue weighted by atomic mass is 16.2. The first-order valence-corrected chi connectivity index (χ1v) is 7.26. The number of hydrogen-bond donors (Lipinski definition) is 2. The quantitative estimate of drug-likeness (QED) is 0.845. The van der Waals surface area contributed by atoms with Gasteiger partial charge in [-0.05, 0) is 19.2 Å². The van der Waals surface area contributed by atoms with Crippen LogP contribution in [-0.4, -0.2) is 40.1 Å². The van der Waals surface area contributed by atoms with Gasteiger partial charge in [0, 0.05) is 32.3 Å². The lowest BCUT2D eigenvalue weighted by molar-refractivity contribution is -0.117. The van der Waals surface area contributed by atoms with Crippen LogP contribution in [0.15, 0.2) is 36.7 Å². The van der Waals surface area contributed by atoms with Crippen molar-refractivity contribution in [3.63, 3.8) is 0 Å². The Morgan fingerprint density at radius 3 is 2.43 bits per heavy atom. The highest BCUT2D eigenvalue weighted by Crippen LogP contribution is 2.20. The normalized spacial score (nSPS) is 10.6. The number of aryl methyl sites for hydroxylation is 1. The van der Waals surface area contributed by atoms with E-state index in [1.165, 1.54) is 6.92 Å². The fraction of sp³-hybridized carbons (Fsp3) is 0.312. The van der Waals surface area contributed by atoms with Crippen LogP contribution in [0.25, 0.3) is 0 Å².